The molecule has 0 radical (unpaired) electrons. The van der Waals surface area contributed by atoms with E-state index in [9.17, 15) is 14.4 Å². The molecule has 0 aliphatic rings. The van der Waals surface area contributed by atoms with E-state index in [4.69, 9.17) is 10.8 Å². The van der Waals surface area contributed by atoms with E-state index in [1.807, 2.05) is 0 Å². The molecule has 104 valence electrons. The van der Waals surface area contributed by atoms with Crippen molar-refractivity contribution < 1.29 is 19.5 Å². The molecule has 0 fully saturated rings. The van der Waals surface area contributed by atoms with Crippen molar-refractivity contribution in [1.29, 1.82) is 0 Å². The molecule has 0 aromatic carbocycles. The topological polar surface area (TPSA) is 109 Å². The van der Waals surface area contributed by atoms with E-state index >= 15 is 0 Å². The van der Waals surface area contributed by atoms with Crippen LogP contribution in [-0.4, -0.2) is 28.9 Å². The number of halogens is 2. The van der Waals surface area contributed by atoms with Gasteiger partial charge in [-0.15, -0.1) is 11.3 Å². The van der Waals surface area contributed by atoms with Gasteiger partial charge >= 0.3 is 5.97 Å². The summed E-state index contributed by atoms with van der Waals surface area (Å²) in [6, 6.07) is 0.433. The first-order valence-corrected chi connectivity index (χ1v) is 7.48. The quantitative estimate of drug-likeness (QED) is 0.659. The lowest BCUT2D eigenvalue weighted by Gasteiger charge is -2.13. The minimum atomic E-state index is -1.21. The number of primary amides is 1. The number of aliphatic carboxylic acids is 1. The minimum absolute atomic E-state index is 0.0423. The summed E-state index contributed by atoms with van der Waals surface area (Å²) in [6.07, 6.45) is -0.148. The van der Waals surface area contributed by atoms with Gasteiger partial charge in [0.25, 0.3) is 5.91 Å². The Morgan fingerprint density at radius 1 is 1.42 bits per heavy atom. The first kappa shape index (κ1) is 16.1. The molecule has 0 saturated carbocycles. The Bertz CT molecular complexity index is 518. The highest BCUT2D eigenvalue weighted by atomic mass is 79.9. The molecule has 19 heavy (non-hydrogen) atoms. The lowest BCUT2D eigenvalue weighted by molar-refractivity contribution is -0.139. The zero-order valence-electron chi connectivity index (χ0n) is 9.48. The molecule has 1 aromatic rings. The summed E-state index contributed by atoms with van der Waals surface area (Å²) >= 11 is 7.74. The number of carboxylic acids is 1. The van der Waals surface area contributed by atoms with Crippen LogP contribution in [0.15, 0.2) is 13.6 Å². The molecular weight excluding hydrogens is 404 g/mol. The number of nitrogens with one attached hydrogen (secondary N) is 1. The average molecular weight is 414 g/mol. The number of nitrogens with two attached hydrogens (primary N) is 1. The molecule has 0 aliphatic carbocycles. The van der Waals surface area contributed by atoms with E-state index in [-0.39, 0.29) is 12.8 Å². The molecule has 1 heterocycles. The molecule has 1 aromatic heterocycles. The zero-order chi connectivity index (χ0) is 14.6. The van der Waals surface area contributed by atoms with E-state index in [0.29, 0.717) is 9.35 Å². The van der Waals surface area contributed by atoms with Gasteiger partial charge in [0.05, 0.1) is 13.1 Å². The first-order chi connectivity index (χ1) is 8.81. The third-order valence-electron chi connectivity index (χ3n) is 2.18. The highest BCUT2D eigenvalue weighted by Gasteiger charge is 2.23. The van der Waals surface area contributed by atoms with Crippen molar-refractivity contribution in [2.45, 2.75) is 18.9 Å². The molecule has 0 bridgehead atoms. The molecule has 2 amide bonds. The summed E-state index contributed by atoms with van der Waals surface area (Å²) in [7, 11) is 0. The fourth-order valence-electron chi connectivity index (χ4n) is 1.28. The molecule has 0 spiro atoms. The van der Waals surface area contributed by atoms with Crippen LogP contribution in [0.4, 0.5) is 0 Å². The van der Waals surface area contributed by atoms with Crippen molar-refractivity contribution >= 4 is 61.0 Å². The minimum Gasteiger partial charge on any atom is -0.480 e. The molecule has 6 nitrogen and oxygen atoms in total. The fourth-order valence-corrected chi connectivity index (χ4v) is 4.07. The summed E-state index contributed by atoms with van der Waals surface area (Å²) in [5.41, 5.74) is 5.29. The fraction of sp³-hybridized carbons (Fsp3) is 0.300. The van der Waals surface area contributed by atoms with Gasteiger partial charge in [0.1, 0.15) is 6.04 Å². The smallest absolute Gasteiger partial charge is 0.326 e. The number of hydrogen-bond acceptors (Lipinski definition) is 4. The van der Waals surface area contributed by atoms with Gasteiger partial charge < -0.3 is 16.2 Å². The maximum absolute atomic E-state index is 11.9. The normalized spacial score (nSPS) is 11.9. The second kappa shape index (κ2) is 7.01. The van der Waals surface area contributed by atoms with Gasteiger partial charge in [0, 0.05) is 6.42 Å². The summed E-state index contributed by atoms with van der Waals surface area (Å²) in [4.78, 5) is 33.5. The highest BCUT2D eigenvalue weighted by Crippen LogP contribution is 2.31. The number of carboxylic acid groups (broad SMARTS) is 1. The van der Waals surface area contributed by atoms with Gasteiger partial charge in [-0.3, -0.25) is 9.59 Å². The number of thiophene rings is 1. The van der Waals surface area contributed by atoms with Gasteiger partial charge in [0.15, 0.2) is 0 Å². The summed E-state index contributed by atoms with van der Waals surface area (Å²) in [5, 5.41) is 11.3. The van der Waals surface area contributed by atoms with Crippen LogP contribution in [0.2, 0.25) is 0 Å². The van der Waals surface area contributed by atoms with Crippen LogP contribution in [0, 0.1) is 0 Å². The molecule has 0 saturated heterocycles. The monoisotopic (exact) mass is 412 g/mol. The third-order valence-corrected chi connectivity index (χ3v) is 4.52. The number of carbonyl (C=O) groups is 3. The second-order valence-corrected chi connectivity index (χ2v) is 7.36. The Morgan fingerprint density at radius 2 is 2.05 bits per heavy atom. The van der Waals surface area contributed by atoms with Crippen LogP contribution in [0.25, 0.3) is 0 Å². The second-order valence-electron chi connectivity index (χ2n) is 3.61. The molecule has 4 N–H and O–H groups in total. The number of amides is 2. The first-order valence-electron chi connectivity index (χ1n) is 5.08. The van der Waals surface area contributed by atoms with E-state index in [2.05, 4.69) is 37.2 Å². The number of hydrogen-bond donors (Lipinski definition) is 3. The van der Waals surface area contributed by atoms with E-state index in [1.54, 1.807) is 6.07 Å². The van der Waals surface area contributed by atoms with Gasteiger partial charge in [-0.25, -0.2) is 4.79 Å². The summed E-state index contributed by atoms with van der Waals surface area (Å²) in [5.74, 6) is -2.34. The van der Waals surface area contributed by atoms with Crippen LogP contribution in [0.5, 0.6) is 0 Å². The predicted molar refractivity (Wildman–Crippen MR) is 77.0 cm³/mol. The number of rotatable bonds is 6. The van der Waals surface area contributed by atoms with Crippen LogP contribution >= 0.6 is 43.2 Å². The standard InChI is InChI=1S/C10H10Br2N2O4S/c11-6-3-4(8(12)19-6)9(16)14-5(10(17)18)1-2-7(13)15/h3,5H,1-2H2,(H2,13,15)(H,14,16)(H,17,18)/t5-/m1/s1. The van der Waals surface area contributed by atoms with Crippen LogP contribution in [0.3, 0.4) is 0 Å². The van der Waals surface area contributed by atoms with Crippen molar-refractivity contribution in [2.75, 3.05) is 0 Å². The Balaban J connectivity index is 2.74. The van der Waals surface area contributed by atoms with Gasteiger partial charge in [-0.05, 0) is 44.3 Å². The van der Waals surface area contributed by atoms with Crippen molar-refractivity contribution in [1.82, 2.24) is 5.32 Å². The molecule has 9 heteroatoms. The molecule has 1 atom stereocenters. The van der Waals surface area contributed by atoms with E-state index < -0.39 is 23.8 Å². The molecule has 0 aliphatic heterocycles. The molecule has 1 rings (SSSR count). The maximum Gasteiger partial charge on any atom is 0.326 e. The van der Waals surface area contributed by atoms with Crippen LogP contribution in [0.1, 0.15) is 23.2 Å². The zero-order valence-corrected chi connectivity index (χ0v) is 13.5. The molecule has 0 unspecified atom stereocenters. The van der Waals surface area contributed by atoms with Crippen molar-refractivity contribution in [2.24, 2.45) is 5.73 Å². The van der Waals surface area contributed by atoms with Crippen molar-refractivity contribution in [3.8, 4) is 0 Å². The lowest BCUT2D eigenvalue weighted by atomic mass is 10.1. The Morgan fingerprint density at radius 3 is 2.47 bits per heavy atom. The van der Waals surface area contributed by atoms with Crippen LogP contribution < -0.4 is 11.1 Å². The van der Waals surface area contributed by atoms with Crippen LogP contribution in [-0.2, 0) is 9.59 Å². The van der Waals surface area contributed by atoms with E-state index in [1.165, 1.54) is 11.3 Å². The Hall–Kier alpha value is -0.930. The Kier molecular flexibility index (Phi) is 5.95. The predicted octanol–water partition coefficient (Wildman–Crippen LogP) is 1.72. The lowest BCUT2D eigenvalue weighted by Crippen LogP contribution is -2.41. The van der Waals surface area contributed by atoms with E-state index in [0.717, 1.165) is 3.79 Å². The molecular formula is C10H10Br2N2O4S. The summed E-state index contributed by atoms with van der Waals surface area (Å²) < 4.78 is 1.34. The SMILES string of the molecule is NC(=O)CC[C@@H](NC(=O)c1cc(Br)sc1Br)C(=O)O. The maximum atomic E-state index is 11.9. The number of carbonyl (C=O) groups excluding carboxylic acids is 2. The van der Waals surface area contributed by atoms with Gasteiger partial charge in [0.2, 0.25) is 5.91 Å². The van der Waals surface area contributed by atoms with Gasteiger partial charge in [-0.1, -0.05) is 0 Å². The van der Waals surface area contributed by atoms with Crippen molar-refractivity contribution in [3.63, 3.8) is 0 Å². The van der Waals surface area contributed by atoms with Gasteiger partial charge in [-0.2, -0.15) is 0 Å². The Labute approximate surface area is 129 Å². The van der Waals surface area contributed by atoms with Crippen molar-refractivity contribution in [3.05, 3.63) is 19.2 Å². The third kappa shape index (κ3) is 4.92. The summed E-state index contributed by atoms with van der Waals surface area (Å²) in [6.45, 7) is 0. The largest absolute Gasteiger partial charge is 0.480 e. The highest BCUT2D eigenvalue weighted by molar-refractivity contribution is 9.12. The average Bonchev–Trinajstić information content (AvgIpc) is 2.62.